The molecule has 1 aliphatic heterocycles. The molecule has 26 heavy (non-hydrogen) atoms. The minimum absolute atomic E-state index is 0.106. The summed E-state index contributed by atoms with van der Waals surface area (Å²) in [5.41, 5.74) is 10.1. The zero-order valence-corrected chi connectivity index (χ0v) is 16.6. The fourth-order valence-electron chi connectivity index (χ4n) is 4.00. The highest BCUT2D eigenvalue weighted by Gasteiger charge is 2.30. The molecule has 1 heterocycles. The number of likely N-dealkylation sites (N-methyl/N-ethyl adjacent to an activating group) is 1. The number of fused-ring (bicyclic) bond motifs is 1. The van der Waals surface area contributed by atoms with E-state index in [-0.39, 0.29) is 17.7 Å². The average Bonchev–Trinajstić information content (AvgIpc) is 2.59. The van der Waals surface area contributed by atoms with E-state index < -0.39 is 0 Å². The second-order valence-corrected chi connectivity index (χ2v) is 7.92. The predicted molar refractivity (Wildman–Crippen MR) is 108 cm³/mol. The SMILES string of the molecule is CCCC(C(N)=O)c1ccccc1C1CN(C)Cc2c(Cl)cc(Cl)cc21. The van der Waals surface area contributed by atoms with Gasteiger partial charge in [-0.2, -0.15) is 0 Å². The minimum atomic E-state index is -0.276. The highest BCUT2D eigenvalue weighted by Crippen LogP contribution is 2.41. The van der Waals surface area contributed by atoms with E-state index in [1.165, 1.54) is 0 Å². The van der Waals surface area contributed by atoms with Crippen LogP contribution < -0.4 is 5.73 Å². The molecule has 2 aromatic carbocycles. The molecule has 1 aliphatic rings. The fraction of sp³-hybridized carbons (Fsp3) is 0.381. The largest absolute Gasteiger partial charge is 0.369 e. The number of rotatable bonds is 5. The van der Waals surface area contributed by atoms with Crippen molar-refractivity contribution in [3.05, 3.63) is 68.7 Å². The van der Waals surface area contributed by atoms with Crippen molar-refractivity contribution in [3.63, 3.8) is 0 Å². The van der Waals surface area contributed by atoms with Gasteiger partial charge in [0.15, 0.2) is 0 Å². The molecule has 2 atom stereocenters. The Kier molecular flexibility index (Phi) is 5.91. The van der Waals surface area contributed by atoms with E-state index in [0.29, 0.717) is 10.0 Å². The molecule has 0 spiro atoms. The summed E-state index contributed by atoms with van der Waals surface area (Å²) in [7, 11) is 2.08. The number of amides is 1. The van der Waals surface area contributed by atoms with Crippen molar-refractivity contribution in [1.82, 2.24) is 4.90 Å². The van der Waals surface area contributed by atoms with Crippen LogP contribution in [0, 0.1) is 0 Å². The summed E-state index contributed by atoms with van der Waals surface area (Å²) in [6.07, 6.45) is 1.65. The molecule has 0 saturated carbocycles. The van der Waals surface area contributed by atoms with E-state index in [4.69, 9.17) is 28.9 Å². The molecule has 2 N–H and O–H groups in total. The third-order valence-electron chi connectivity index (χ3n) is 5.16. The number of hydrogen-bond donors (Lipinski definition) is 1. The lowest BCUT2D eigenvalue weighted by atomic mass is 9.79. The third-order valence-corrected chi connectivity index (χ3v) is 5.72. The van der Waals surface area contributed by atoms with Crippen LogP contribution in [0.2, 0.25) is 10.0 Å². The van der Waals surface area contributed by atoms with Crippen molar-refractivity contribution in [3.8, 4) is 0 Å². The van der Waals surface area contributed by atoms with Crippen LogP contribution in [0.15, 0.2) is 36.4 Å². The van der Waals surface area contributed by atoms with Crippen LogP contribution in [0.25, 0.3) is 0 Å². The van der Waals surface area contributed by atoms with Crippen molar-refractivity contribution in [2.75, 3.05) is 13.6 Å². The fourth-order valence-corrected chi connectivity index (χ4v) is 4.57. The normalized spacial score (nSPS) is 18.4. The molecule has 5 heteroatoms. The molecule has 3 rings (SSSR count). The molecule has 138 valence electrons. The standard InChI is InChI=1S/C21H24Cl2N2O/c1-3-6-16(21(24)26)14-7-4-5-8-15(14)18-11-25(2)12-19-17(18)9-13(22)10-20(19)23/h4-5,7-10,16,18H,3,6,11-12H2,1-2H3,(H2,24,26). The molecule has 0 saturated heterocycles. The Morgan fingerprint density at radius 1 is 1.27 bits per heavy atom. The lowest BCUT2D eigenvalue weighted by Gasteiger charge is -2.35. The molecule has 2 unspecified atom stereocenters. The maximum absolute atomic E-state index is 12.1. The molecular weight excluding hydrogens is 367 g/mol. The molecule has 1 amide bonds. The molecule has 0 radical (unpaired) electrons. The van der Waals surface area contributed by atoms with E-state index in [1.807, 2.05) is 24.3 Å². The van der Waals surface area contributed by atoms with Crippen molar-refractivity contribution >= 4 is 29.1 Å². The Labute approximate surface area is 165 Å². The lowest BCUT2D eigenvalue weighted by molar-refractivity contribution is -0.119. The molecule has 0 aromatic heterocycles. The predicted octanol–water partition coefficient (Wildman–Crippen LogP) is 4.94. The smallest absolute Gasteiger partial charge is 0.224 e. The summed E-state index contributed by atoms with van der Waals surface area (Å²) < 4.78 is 0. The highest BCUT2D eigenvalue weighted by molar-refractivity contribution is 6.35. The lowest BCUT2D eigenvalue weighted by Crippen LogP contribution is -2.32. The van der Waals surface area contributed by atoms with Gasteiger partial charge in [0.05, 0.1) is 5.92 Å². The Morgan fingerprint density at radius 3 is 2.69 bits per heavy atom. The summed E-state index contributed by atoms with van der Waals surface area (Å²) in [6, 6.07) is 11.9. The van der Waals surface area contributed by atoms with E-state index in [2.05, 4.69) is 24.9 Å². The van der Waals surface area contributed by atoms with Gasteiger partial charge in [0, 0.05) is 29.1 Å². The average molecular weight is 391 g/mol. The van der Waals surface area contributed by atoms with E-state index >= 15 is 0 Å². The topological polar surface area (TPSA) is 46.3 Å². The van der Waals surface area contributed by atoms with Gasteiger partial charge in [0.1, 0.15) is 0 Å². The number of hydrogen-bond acceptors (Lipinski definition) is 2. The van der Waals surface area contributed by atoms with Crippen LogP contribution in [-0.4, -0.2) is 24.4 Å². The van der Waals surface area contributed by atoms with Gasteiger partial charge in [-0.3, -0.25) is 4.79 Å². The molecule has 3 nitrogen and oxygen atoms in total. The summed E-state index contributed by atoms with van der Waals surface area (Å²) in [4.78, 5) is 14.4. The van der Waals surface area contributed by atoms with Gasteiger partial charge in [-0.05, 0) is 47.9 Å². The van der Waals surface area contributed by atoms with Crippen LogP contribution in [0.4, 0.5) is 0 Å². The second kappa shape index (κ2) is 7.99. The number of nitrogens with zero attached hydrogens (tertiary/aromatic N) is 1. The zero-order chi connectivity index (χ0) is 18.8. The van der Waals surface area contributed by atoms with Crippen LogP contribution in [-0.2, 0) is 11.3 Å². The first-order valence-corrected chi connectivity index (χ1v) is 9.72. The first-order chi connectivity index (χ1) is 12.4. The van der Waals surface area contributed by atoms with Crippen molar-refractivity contribution < 1.29 is 4.79 Å². The Morgan fingerprint density at radius 2 is 2.00 bits per heavy atom. The van der Waals surface area contributed by atoms with Crippen LogP contribution in [0.3, 0.4) is 0 Å². The summed E-state index contributed by atoms with van der Waals surface area (Å²) in [5, 5.41) is 1.34. The number of nitrogens with two attached hydrogens (primary N) is 1. The van der Waals surface area contributed by atoms with Gasteiger partial charge in [0.2, 0.25) is 5.91 Å². The number of primary amides is 1. The molecule has 0 aliphatic carbocycles. The number of carbonyl (C=O) groups is 1. The van der Waals surface area contributed by atoms with Gasteiger partial charge in [-0.25, -0.2) is 0 Å². The first kappa shape index (κ1) is 19.2. The number of benzene rings is 2. The quantitative estimate of drug-likeness (QED) is 0.785. The van der Waals surface area contributed by atoms with Gasteiger partial charge < -0.3 is 10.6 Å². The van der Waals surface area contributed by atoms with Crippen LogP contribution >= 0.6 is 23.2 Å². The summed E-state index contributed by atoms with van der Waals surface area (Å²) in [5.74, 6) is -0.441. The molecule has 0 bridgehead atoms. The van der Waals surface area contributed by atoms with Crippen LogP contribution in [0.1, 0.15) is 53.9 Å². The number of carbonyl (C=O) groups excluding carboxylic acids is 1. The van der Waals surface area contributed by atoms with E-state index in [0.717, 1.165) is 48.2 Å². The summed E-state index contributed by atoms with van der Waals surface area (Å²) in [6.45, 7) is 3.71. The molecular formula is C21H24Cl2N2O. The highest BCUT2D eigenvalue weighted by atomic mass is 35.5. The third kappa shape index (κ3) is 3.75. The minimum Gasteiger partial charge on any atom is -0.369 e. The van der Waals surface area contributed by atoms with Crippen molar-refractivity contribution in [2.45, 2.75) is 38.1 Å². The zero-order valence-electron chi connectivity index (χ0n) is 15.1. The van der Waals surface area contributed by atoms with Crippen LogP contribution in [0.5, 0.6) is 0 Å². The molecule has 0 fully saturated rings. The van der Waals surface area contributed by atoms with Gasteiger partial charge in [0.25, 0.3) is 0 Å². The monoisotopic (exact) mass is 390 g/mol. The Bertz CT molecular complexity index is 822. The van der Waals surface area contributed by atoms with Crippen molar-refractivity contribution in [2.24, 2.45) is 5.73 Å². The number of halogens is 2. The Balaban J connectivity index is 2.15. The second-order valence-electron chi connectivity index (χ2n) is 7.08. The van der Waals surface area contributed by atoms with E-state index in [9.17, 15) is 4.79 Å². The van der Waals surface area contributed by atoms with Crippen molar-refractivity contribution in [1.29, 1.82) is 0 Å². The molecule has 2 aromatic rings. The maximum Gasteiger partial charge on any atom is 0.224 e. The van der Waals surface area contributed by atoms with Gasteiger partial charge in [-0.15, -0.1) is 0 Å². The first-order valence-electron chi connectivity index (χ1n) is 8.96. The van der Waals surface area contributed by atoms with Gasteiger partial charge in [-0.1, -0.05) is 60.8 Å². The Hall–Kier alpha value is -1.55. The summed E-state index contributed by atoms with van der Waals surface area (Å²) >= 11 is 12.8. The van der Waals surface area contributed by atoms with Gasteiger partial charge >= 0.3 is 0 Å². The van der Waals surface area contributed by atoms with E-state index in [1.54, 1.807) is 6.07 Å². The maximum atomic E-state index is 12.1.